The Kier molecular flexibility index (Phi) is 7.29. The Morgan fingerprint density at radius 1 is 1.29 bits per heavy atom. The summed E-state index contributed by atoms with van der Waals surface area (Å²) in [6, 6.07) is 3.83. The van der Waals surface area contributed by atoms with Crippen LogP contribution >= 0.6 is 0 Å². The zero-order chi connectivity index (χ0) is 12.3. The number of aliphatic hydroxyl groups is 1. The lowest BCUT2D eigenvalue weighted by molar-refractivity contribution is 0.0704. The molecule has 0 saturated heterocycles. The van der Waals surface area contributed by atoms with Crippen LogP contribution in [0.2, 0.25) is 0 Å². The number of nitrogens with one attached hydrogen (secondary N) is 1. The summed E-state index contributed by atoms with van der Waals surface area (Å²) in [6.45, 7) is 5.10. The van der Waals surface area contributed by atoms with Gasteiger partial charge in [0.1, 0.15) is 12.4 Å². The minimum Gasteiger partial charge on any atom is -0.490 e. The number of hydrogen-bond acceptors (Lipinski definition) is 5. The van der Waals surface area contributed by atoms with Crippen LogP contribution in [0, 0.1) is 0 Å². The highest BCUT2D eigenvalue weighted by molar-refractivity contribution is 5.19. The lowest BCUT2D eigenvalue weighted by Gasteiger charge is -2.07. The summed E-state index contributed by atoms with van der Waals surface area (Å²) in [5.74, 6) is 0.734. The molecule has 0 aliphatic carbocycles. The van der Waals surface area contributed by atoms with Gasteiger partial charge in [-0.3, -0.25) is 4.98 Å². The van der Waals surface area contributed by atoms with Crippen LogP contribution in [0.4, 0.5) is 0 Å². The number of ether oxygens (including phenoxy) is 2. The fourth-order valence-corrected chi connectivity index (χ4v) is 1.24. The van der Waals surface area contributed by atoms with Crippen LogP contribution in [0.15, 0.2) is 18.3 Å². The quantitative estimate of drug-likeness (QED) is 0.618. The molecule has 5 heteroatoms. The van der Waals surface area contributed by atoms with E-state index < -0.39 is 0 Å². The second-order valence-corrected chi connectivity index (χ2v) is 3.45. The lowest BCUT2D eigenvalue weighted by Crippen LogP contribution is -2.13. The summed E-state index contributed by atoms with van der Waals surface area (Å²) in [7, 11) is 0. The van der Waals surface area contributed by atoms with Crippen molar-refractivity contribution in [3.63, 3.8) is 0 Å². The number of rotatable bonds is 9. The van der Waals surface area contributed by atoms with E-state index in [-0.39, 0.29) is 6.61 Å². The van der Waals surface area contributed by atoms with Gasteiger partial charge in [-0.25, -0.2) is 0 Å². The summed E-state index contributed by atoms with van der Waals surface area (Å²) in [5, 5.41) is 11.7. The van der Waals surface area contributed by atoms with Gasteiger partial charge < -0.3 is 19.9 Å². The standard InChI is InChI=1S/C12H20N2O3/c1-2-13-9-11-3-4-12(10-14-11)17-8-7-16-6-5-15/h3-4,10,13,15H,2,5-9H2,1H3. The molecule has 0 atom stereocenters. The molecule has 0 radical (unpaired) electrons. The monoisotopic (exact) mass is 240 g/mol. The average molecular weight is 240 g/mol. The molecule has 0 aliphatic rings. The van der Waals surface area contributed by atoms with E-state index in [4.69, 9.17) is 14.6 Å². The van der Waals surface area contributed by atoms with Crippen LogP contribution < -0.4 is 10.1 Å². The molecule has 0 fully saturated rings. The molecule has 96 valence electrons. The van der Waals surface area contributed by atoms with Gasteiger partial charge in [0.05, 0.1) is 31.7 Å². The normalized spacial score (nSPS) is 10.5. The van der Waals surface area contributed by atoms with Crippen LogP contribution in [-0.2, 0) is 11.3 Å². The lowest BCUT2D eigenvalue weighted by atomic mass is 10.3. The van der Waals surface area contributed by atoms with E-state index >= 15 is 0 Å². The van der Waals surface area contributed by atoms with Gasteiger partial charge in [0.15, 0.2) is 0 Å². The molecule has 1 aromatic rings. The maximum absolute atomic E-state index is 8.50. The predicted molar refractivity (Wildman–Crippen MR) is 65.0 cm³/mol. The molecule has 0 unspecified atom stereocenters. The molecule has 0 saturated carbocycles. The fourth-order valence-electron chi connectivity index (χ4n) is 1.24. The predicted octanol–water partition coefficient (Wildman–Crippen LogP) is 0.579. The van der Waals surface area contributed by atoms with Crippen molar-refractivity contribution in [3.8, 4) is 5.75 Å². The Morgan fingerprint density at radius 3 is 2.82 bits per heavy atom. The van der Waals surface area contributed by atoms with Crippen molar-refractivity contribution in [2.24, 2.45) is 0 Å². The van der Waals surface area contributed by atoms with E-state index in [1.807, 2.05) is 12.1 Å². The van der Waals surface area contributed by atoms with Crippen LogP contribution in [0.5, 0.6) is 5.75 Å². The van der Waals surface area contributed by atoms with E-state index in [9.17, 15) is 0 Å². The van der Waals surface area contributed by atoms with Gasteiger partial charge in [-0.15, -0.1) is 0 Å². The van der Waals surface area contributed by atoms with Crippen LogP contribution in [0.3, 0.4) is 0 Å². The van der Waals surface area contributed by atoms with Crippen molar-refractivity contribution < 1.29 is 14.6 Å². The van der Waals surface area contributed by atoms with Gasteiger partial charge in [-0.05, 0) is 18.7 Å². The smallest absolute Gasteiger partial charge is 0.137 e. The van der Waals surface area contributed by atoms with Crippen molar-refractivity contribution in [1.82, 2.24) is 10.3 Å². The maximum atomic E-state index is 8.50. The van der Waals surface area contributed by atoms with Crippen molar-refractivity contribution >= 4 is 0 Å². The molecule has 0 amide bonds. The van der Waals surface area contributed by atoms with E-state index in [0.29, 0.717) is 19.8 Å². The third-order valence-electron chi connectivity index (χ3n) is 2.09. The number of hydrogen-bond donors (Lipinski definition) is 2. The van der Waals surface area contributed by atoms with Gasteiger partial charge in [0, 0.05) is 6.54 Å². The maximum Gasteiger partial charge on any atom is 0.137 e. The van der Waals surface area contributed by atoms with Crippen molar-refractivity contribution in [2.75, 3.05) is 33.0 Å². The number of aliphatic hydroxyl groups excluding tert-OH is 1. The molecule has 5 nitrogen and oxygen atoms in total. The van der Waals surface area contributed by atoms with Gasteiger partial charge >= 0.3 is 0 Å². The van der Waals surface area contributed by atoms with Crippen molar-refractivity contribution in [2.45, 2.75) is 13.5 Å². The van der Waals surface area contributed by atoms with Crippen LogP contribution in [-0.4, -0.2) is 43.1 Å². The van der Waals surface area contributed by atoms with E-state index in [1.54, 1.807) is 6.20 Å². The molecule has 0 bridgehead atoms. The molecule has 17 heavy (non-hydrogen) atoms. The third-order valence-corrected chi connectivity index (χ3v) is 2.09. The molecule has 0 aromatic carbocycles. The largest absolute Gasteiger partial charge is 0.490 e. The minimum atomic E-state index is 0.0423. The molecule has 1 rings (SSSR count). The molecule has 0 aliphatic heterocycles. The summed E-state index contributed by atoms with van der Waals surface area (Å²) in [5.41, 5.74) is 0.996. The van der Waals surface area contributed by atoms with Crippen LogP contribution in [0.1, 0.15) is 12.6 Å². The Hall–Kier alpha value is -1.17. The van der Waals surface area contributed by atoms with E-state index in [1.165, 1.54) is 0 Å². The topological polar surface area (TPSA) is 63.6 Å². The summed E-state index contributed by atoms with van der Waals surface area (Å²) in [6.07, 6.45) is 1.71. The zero-order valence-corrected chi connectivity index (χ0v) is 10.2. The Labute approximate surface area is 102 Å². The highest BCUT2D eigenvalue weighted by Gasteiger charge is 1.96. The molecule has 2 N–H and O–H groups in total. The van der Waals surface area contributed by atoms with Gasteiger partial charge in [0.2, 0.25) is 0 Å². The Bertz CT molecular complexity index is 290. The number of pyridine rings is 1. The van der Waals surface area contributed by atoms with Gasteiger partial charge in [0.25, 0.3) is 0 Å². The Balaban J connectivity index is 2.20. The first-order valence-electron chi connectivity index (χ1n) is 5.84. The highest BCUT2D eigenvalue weighted by Crippen LogP contribution is 2.08. The molecule has 1 aromatic heterocycles. The summed E-state index contributed by atoms with van der Waals surface area (Å²) in [4.78, 5) is 4.26. The highest BCUT2D eigenvalue weighted by atomic mass is 16.5. The minimum absolute atomic E-state index is 0.0423. The molecular formula is C12H20N2O3. The second kappa shape index (κ2) is 8.92. The zero-order valence-electron chi connectivity index (χ0n) is 10.2. The third kappa shape index (κ3) is 6.21. The molecule has 0 spiro atoms. The Morgan fingerprint density at radius 2 is 2.18 bits per heavy atom. The van der Waals surface area contributed by atoms with Gasteiger partial charge in [-0.1, -0.05) is 6.92 Å². The SMILES string of the molecule is CCNCc1ccc(OCCOCCO)cn1. The number of aromatic nitrogens is 1. The molecule has 1 heterocycles. The van der Waals surface area contributed by atoms with E-state index in [0.717, 1.165) is 24.5 Å². The first-order chi connectivity index (χ1) is 8.36. The van der Waals surface area contributed by atoms with E-state index in [2.05, 4.69) is 17.2 Å². The second-order valence-electron chi connectivity index (χ2n) is 3.45. The van der Waals surface area contributed by atoms with Crippen molar-refractivity contribution in [1.29, 1.82) is 0 Å². The van der Waals surface area contributed by atoms with Crippen molar-refractivity contribution in [3.05, 3.63) is 24.0 Å². The average Bonchev–Trinajstić information content (AvgIpc) is 2.37. The van der Waals surface area contributed by atoms with Crippen LogP contribution in [0.25, 0.3) is 0 Å². The first kappa shape index (κ1) is 13.9. The molecular weight excluding hydrogens is 220 g/mol. The fraction of sp³-hybridized carbons (Fsp3) is 0.583. The first-order valence-corrected chi connectivity index (χ1v) is 5.84. The van der Waals surface area contributed by atoms with Gasteiger partial charge in [-0.2, -0.15) is 0 Å². The number of nitrogens with zero attached hydrogens (tertiary/aromatic N) is 1. The summed E-state index contributed by atoms with van der Waals surface area (Å²) >= 11 is 0. The summed E-state index contributed by atoms with van der Waals surface area (Å²) < 4.78 is 10.5.